The third-order valence-electron chi connectivity index (χ3n) is 5.08. The highest BCUT2D eigenvalue weighted by Crippen LogP contribution is 2.38. The van der Waals surface area contributed by atoms with Gasteiger partial charge >= 0.3 is 6.18 Å². The molecule has 0 saturated heterocycles. The highest BCUT2D eigenvalue weighted by Gasteiger charge is 2.37. The summed E-state index contributed by atoms with van der Waals surface area (Å²) in [6.07, 6.45) is -5.17. The lowest BCUT2D eigenvalue weighted by molar-refractivity contribution is -0.138. The van der Waals surface area contributed by atoms with E-state index in [2.05, 4.69) is 27.7 Å². The number of thiol groups is 1. The number of nitrogens with zero attached hydrogens (tertiary/aromatic N) is 5. The number of carbonyl (C=O) groups excluding carboxylic acids is 1. The Morgan fingerprint density at radius 1 is 1.29 bits per heavy atom. The minimum Gasteiger partial charge on any atom is -0.495 e. The van der Waals surface area contributed by atoms with Crippen LogP contribution in [0.1, 0.15) is 58.8 Å². The fraction of sp³-hybridized carbons (Fsp3) is 0.429. The van der Waals surface area contributed by atoms with E-state index in [0.717, 1.165) is 31.6 Å². The SMILES string of the molecule is CCCCN(C[C@H](S)c1cc(C(F)F)nc2ncnn12)C(=O)c1cccc(C(F)(F)F)c1OC. The van der Waals surface area contributed by atoms with Gasteiger partial charge in [0.25, 0.3) is 18.1 Å². The van der Waals surface area contributed by atoms with Crippen molar-refractivity contribution in [3.8, 4) is 5.75 Å². The normalized spacial score (nSPS) is 12.9. The Kier molecular flexibility index (Phi) is 7.95. The van der Waals surface area contributed by atoms with Gasteiger partial charge in [-0.1, -0.05) is 19.4 Å². The number of fused-ring (bicyclic) bond motifs is 1. The summed E-state index contributed by atoms with van der Waals surface area (Å²) in [5.74, 6) is -1.34. The van der Waals surface area contributed by atoms with E-state index in [4.69, 9.17) is 4.74 Å². The summed E-state index contributed by atoms with van der Waals surface area (Å²) in [5, 5.41) is 3.16. The molecule has 0 fully saturated rings. The summed E-state index contributed by atoms with van der Waals surface area (Å²) in [7, 11) is 1.06. The van der Waals surface area contributed by atoms with Crippen molar-refractivity contribution in [1.82, 2.24) is 24.5 Å². The number of rotatable bonds is 9. The highest BCUT2D eigenvalue weighted by atomic mass is 32.1. The molecule has 13 heteroatoms. The molecule has 0 aliphatic heterocycles. The number of methoxy groups -OCH3 is 1. The van der Waals surface area contributed by atoms with Crippen LogP contribution in [0.3, 0.4) is 0 Å². The largest absolute Gasteiger partial charge is 0.495 e. The maximum Gasteiger partial charge on any atom is 0.419 e. The van der Waals surface area contributed by atoms with E-state index in [-0.39, 0.29) is 30.1 Å². The first-order chi connectivity index (χ1) is 16.1. The van der Waals surface area contributed by atoms with E-state index < -0.39 is 40.8 Å². The van der Waals surface area contributed by atoms with Gasteiger partial charge in [0.05, 0.1) is 29.2 Å². The summed E-state index contributed by atoms with van der Waals surface area (Å²) < 4.78 is 73.1. The first kappa shape index (κ1) is 25.7. The number of unbranched alkanes of at least 4 members (excludes halogenated alkanes) is 1. The Bertz CT molecular complexity index is 1150. The summed E-state index contributed by atoms with van der Waals surface area (Å²) in [6, 6.07) is 4.33. The molecule has 0 unspecified atom stereocenters. The third-order valence-corrected chi connectivity index (χ3v) is 5.51. The van der Waals surface area contributed by atoms with Crippen LogP contribution in [0.15, 0.2) is 30.6 Å². The zero-order valence-corrected chi connectivity index (χ0v) is 19.2. The molecule has 1 aromatic carbocycles. The van der Waals surface area contributed by atoms with Gasteiger partial charge in [-0.2, -0.15) is 35.9 Å². The Labute approximate surface area is 197 Å². The third kappa shape index (κ3) is 5.40. The van der Waals surface area contributed by atoms with Crippen molar-refractivity contribution < 1.29 is 31.5 Å². The Morgan fingerprint density at radius 2 is 2.03 bits per heavy atom. The number of para-hydroxylation sites is 1. The number of alkyl halides is 5. The summed E-state index contributed by atoms with van der Waals surface area (Å²) in [6.45, 7) is 2.00. The first-order valence-corrected chi connectivity index (χ1v) is 10.8. The second kappa shape index (κ2) is 10.5. The quantitative estimate of drug-likeness (QED) is 0.329. The number of halogens is 5. The second-order valence-corrected chi connectivity index (χ2v) is 8.01. The maximum absolute atomic E-state index is 13.4. The van der Waals surface area contributed by atoms with Crippen LogP contribution >= 0.6 is 12.6 Å². The predicted molar refractivity (Wildman–Crippen MR) is 116 cm³/mol. The number of carbonyl (C=O) groups is 1. The fourth-order valence-corrected chi connectivity index (χ4v) is 3.83. The van der Waals surface area contributed by atoms with E-state index in [1.54, 1.807) is 0 Å². The van der Waals surface area contributed by atoms with Crippen LogP contribution < -0.4 is 4.74 Å². The van der Waals surface area contributed by atoms with Crippen molar-refractivity contribution in [3.63, 3.8) is 0 Å². The summed E-state index contributed by atoms with van der Waals surface area (Å²) >= 11 is 4.50. The van der Waals surface area contributed by atoms with Gasteiger partial charge in [-0.15, -0.1) is 0 Å². The lowest BCUT2D eigenvalue weighted by Gasteiger charge is -2.27. The molecule has 1 amide bonds. The Morgan fingerprint density at radius 3 is 2.65 bits per heavy atom. The molecule has 7 nitrogen and oxygen atoms in total. The van der Waals surface area contributed by atoms with Crippen molar-refractivity contribution in [2.24, 2.45) is 0 Å². The molecule has 0 N–H and O–H groups in total. The first-order valence-electron chi connectivity index (χ1n) is 10.3. The molecule has 0 aliphatic rings. The standard InChI is InChI=1S/C21H22F5N5O2S/c1-3-4-8-30(19(32)12-6-5-7-13(17(12)33-2)21(24,25)26)10-16(34)15-9-14(18(22)23)29-20-27-11-28-31(15)20/h5-7,9,11,16,18,34H,3-4,8,10H2,1-2H3/t16-/m0/s1. The molecule has 3 rings (SSSR count). The Balaban J connectivity index is 1.99. The molecule has 0 aliphatic carbocycles. The molecule has 1 atom stereocenters. The molecule has 2 aromatic heterocycles. The minimum absolute atomic E-state index is 0.0576. The zero-order valence-electron chi connectivity index (χ0n) is 18.3. The van der Waals surface area contributed by atoms with Crippen LogP contribution in [0.2, 0.25) is 0 Å². The topological polar surface area (TPSA) is 72.6 Å². The van der Waals surface area contributed by atoms with Crippen molar-refractivity contribution in [1.29, 1.82) is 0 Å². The van der Waals surface area contributed by atoms with Gasteiger partial charge in [-0.05, 0) is 24.6 Å². The summed E-state index contributed by atoms with van der Waals surface area (Å²) in [5.41, 5.74) is -1.64. The van der Waals surface area contributed by atoms with Crippen LogP contribution in [0.25, 0.3) is 5.78 Å². The average Bonchev–Trinajstić information content (AvgIpc) is 3.28. The second-order valence-electron chi connectivity index (χ2n) is 7.38. The fourth-order valence-electron chi connectivity index (χ4n) is 3.45. The maximum atomic E-state index is 13.4. The van der Waals surface area contributed by atoms with E-state index in [1.165, 1.54) is 15.5 Å². The molecule has 34 heavy (non-hydrogen) atoms. The van der Waals surface area contributed by atoms with Gasteiger partial charge in [-0.25, -0.2) is 18.3 Å². The van der Waals surface area contributed by atoms with Crippen molar-refractivity contribution >= 4 is 24.3 Å². The van der Waals surface area contributed by atoms with Gasteiger partial charge in [0.1, 0.15) is 17.8 Å². The zero-order chi connectivity index (χ0) is 25.0. The molecule has 184 valence electrons. The molecule has 0 saturated carbocycles. The summed E-state index contributed by atoms with van der Waals surface area (Å²) in [4.78, 5) is 22.3. The molecule has 3 aromatic rings. The highest BCUT2D eigenvalue weighted by molar-refractivity contribution is 7.80. The molecule has 2 heterocycles. The van der Waals surface area contributed by atoms with Crippen molar-refractivity contribution in [3.05, 3.63) is 53.1 Å². The number of benzene rings is 1. The number of aromatic nitrogens is 4. The van der Waals surface area contributed by atoms with Crippen molar-refractivity contribution in [2.45, 2.75) is 37.6 Å². The monoisotopic (exact) mass is 503 g/mol. The lowest BCUT2D eigenvalue weighted by Crippen LogP contribution is -2.35. The van der Waals surface area contributed by atoms with E-state index >= 15 is 0 Å². The van der Waals surface area contributed by atoms with Crippen molar-refractivity contribution in [2.75, 3.05) is 20.2 Å². The van der Waals surface area contributed by atoms with E-state index in [9.17, 15) is 26.7 Å². The molecular weight excluding hydrogens is 481 g/mol. The minimum atomic E-state index is -4.72. The van der Waals surface area contributed by atoms with E-state index in [1.807, 2.05) is 6.92 Å². The predicted octanol–water partition coefficient (Wildman–Crippen LogP) is 5.00. The van der Waals surface area contributed by atoms with Crippen LogP contribution in [-0.4, -0.2) is 50.6 Å². The van der Waals surface area contributed by atoms with Crippen LogP contribution in [-0.2, 0) is 6.18 Å². The number of ether oxygens (including phenoxy) is 1. The molecule has 0 bridgehead atoms. The van der Waals surface area contributed by atoms with Crippen LogP contribution in [0, 0.1) is 0 Å². The molecule has 0 radical (unpaired) electrons. The number of amides is 1. The molecule has 0 spiro atoms. The molecular formula is C21H22F5N5O2S. The smallest absolute Gasteiger partial charge is 0.419 e. The number of hydrogen-bond donors (Lipinski definition) is 1. The number of hydrogen-bond acceptors (Lipinski definition) is 6. The van der Waals surface area contributed by atoms with Crippen LogP contribution in [0.4, 0.5) is 22.0 Å². The lowest BCUT2D eigenvalue weighted by atomic mass is 10.1. The average molecular weight is 503 g/mol. The van der Waals surface area contributed by atoms with Gasteiger partial charge in [0, 0.05) is 13.1 Å². The van der Waals surface area contributed by atoms with Gasteiger partial charge in [0.2, 0.25) is 0 Å². The Hall–Kier alpha value is -2.96. The van der Waals surface area contributed by atoms with Gasteiger partial charge in [-0.3, -0.25) is 4.79 Å². The van der Waals surface area contributed by atoms with Gasteiger partial charge < -0.3 is 9.64 Å². The van der Waals surface area contributed by atoms with Crippen LogP contribution in [0.5, 0.6) is 5.75 Å². The van der Waals surface area contributed by atoms with E-state index in [0.29, 0.717) is 12.8 Å². The van der Waals surface area contributed by atoms with Gasteiger partial charge in [0.15, 0.2) is 0 Å².